The molecule has 5 heteroatoms. The van der Waals surface area contributed by atoms with Gasteiger partial charge in [0.25, 0.3) is 5.91 Å². The Kier molecular flexibility index (Phi) is 4.06. The number of anilines is 1. The summed E-state index contributed by atoms with van der Waals surface area (Å²) in [6.07, 6.45) is 0. The van der Waals surface area contributed by atoms with Gasteiger partial charge in [-0.25, -0.2) is 0 Å². The second-order valence-electron chi connectivity index (χ2n) is 3.51. The molecule has 1 aromatic carbocycles. The lowest BCUT2D eigenvalue weighted by Gasteiger charge is -2.08. The summed E-state index contributed by atoms with van der Waals surface area (Å²) in [6.45, 7) is 1.88. The maximum Gasteiger partial charge on any atom is 0.256 e. The van der Waals surface area contributed by atoms with Crippen molar-refractivity contribution in [2.24, 2.45) is 0 Å². The van der Waals surface area contributed by atoms with Gasteiger partial charge in [0.1, 0.15) is 0 Å². The van der Waals surface area contributed by atoms with Crippen LogP contribution >= 0.6 is 45.5 Å². The van der Waals surface area contributed by atoms with Gasteiger partial charge in [0.2, 0.25) is 0 Å². The van der Waals surface area contributed by atoms with Crippen LogP contribution in [-0.2, 0) is 0 Å². The molecule has 0 aliphatic rings. The number of hydrogen-bond donors (Lipinski definition) is 1. The Bertz CT molecular complexity index is 567. The molecule has 0 fully saturated rings. The first-order valence-corrected chi connectivity index (χ1v) is 7.22. The summed E-state index contributed by atoms with van der Waals surface area (Å²) < 4.78 is 1.09. The van der Waals surface area contributed by atoms with E-state index in [1.807, 2.05) is 30.5 Å². The third-order valence-electron chi connectivity index (χ3n) is 2.35. The first kappa shape index (κ1) is 12.9. The minimum atomic E-state index is -0.102. The van der Waals surface area contributed by atoms with Crippen LogP contribution in [0.4, 0.5) is 5.69 Å². The molecule has 2 nitrogen and oxygen atoms in total. The number of amides is 1. The minimum Gasteiger partial charge on any atom is -0.322 e. The van der Waals surface area contributed by atoms with Gasteiger partial charge >= 0.3 is 0 Å². The Labute approximate surface area is 122 Å². The predicted octanol–water partition coefficient (Wildman–Crippen LogP) is 4.57. The molecule has 0 aliphatic carbocycles. The highest BCUT2D eigenvalue weighted by Crippen LogP contribution is 2.24. The van der Waals surface area contributed by atoms with Crippen molar-refractivity contribution in [2.45, 2.75) is 6.92 Å². The largest absolute Gasteiger partial charge is 0.322 e. The van der Waals surface area contributed by atoms with Crippen molar-refractivity contribution >= 4 is 57.1 Å². The average molecular weight is 378 g/mol. The van der Waals surface area contributed by atoms with E-state index in [1.54, 1.807) is 17.4 Å². The molecule has 1 heterocycles. The summed E-state index contributed by atoms with van der Waals surface area (Å²) in [5.41, 5.74) is 2.31. The van der Waals surface area contributed by atoms with E-state index in [4.69, 9.17) is 11.6 Å². The van der Waals surface area contributed by atoms with E-state index in [0.29, 0.717) is 10.6 Å². The van der Waals surface area contributed by atoms with E-state index in [1.165, 1.54) is 0 Å². The first-order valence-electron chi connectivity index (χ1n) is 4.88. The van der Waals surface area contributed by atoms with Crippen LogP contribution in [0.2, 0.25) is 5.02 Å². The number of benzene rings is 1. The Balaban J connectivity index is 2.21. The lowest BCUT2D eigenvalue weighted by Crippen LogP contribution is -2.11. The minimum absolute atomic E-state index is 0.102. The van der Waals surface area contributed by atoms with Gasteiger partial charge in [-0.3, -0.25) is 4.79 Å². The van der Waals surface area contributed by atoms with Gasteiger partial charge < -0.3 is 5.32 Å². The highest BCUT2D eigenvalue weighted by Gasteiger charge is 2.10. The Morgan fingerprint density at radius 1 is 1.47 bits per heavy atom. The SMILES string of the molecule is Cc1c(Cl)cccc1NC(=O)c1csc(I)c1. The van der Waals surface area contributed by atoms with Crippen LogP contribution in [0.25, 0.3) is 0 Å². The van der Waals surface area contributed by atoms with Gasteiger partial charge in [0, 0.05) is 16.1 Å². The zero-order valence-corrected chi connectivity index (χ0v) is 12.7. The van der Waals surface area contributed by atoms with Crippen LogP contribution in [-0.4, -0.2) is 5.91 Å². The third-order valence-corrected chi connectivity index (χ3v) is 4.54. The zero-order chi connectivity index (χ0) is 12.4. The molecule has 88 valence electrons. The first-order chi connectivity index (χ1) is 8.08. The number of nitrogens with one attached hydrogen (secondary N) is 1. The number of thiophene rings is 1. The second-order valence-corrected chi connectivity index (χ2v) is 6.72. The van der Waals surface area contributed by atoms with Crippen LogP contribution in [0.1, 0.15) is 15.9 Å². The van der Waals surface area contributed by atoms with E-state index in [9.17, 15) is 4.79 Å². The van der Waals surface area contributed by atoms with Crippen molar-refractivity contribution in [3.63, 3.8) is 0 Å². The quantitative estimate of drug-likeness (QED) is 0.763. The molecule has 0 aliphatic heterocycles. The van der Waals surface area contributed by atoms with Crippen molar-refractivity contribution in [2.75, 3.05) is 5.32 Å². The van der Waals surface area contributed by atoms with Crippen LogP contribution in [0, 0.1) is 9.81 Å². The van der Waals surface area contributed by atoms with Crippen molar-refractivity contribution in [1.29, 1.82) is 0 Å². The normalized spacial score (nSPS) is 10.3. The van der Waals surface area contributed by atoms with Crippen LogP contribution in [0.3, 0.4) is 0 Å². The standard InChI is InChI=1S/C12H9ClINOS/c1-7-9(13)3-2-4-10(7)15-12(16)8-5-11(14)17-6-8/h2-6H,1H3,(H,15,16). The number of rotatable bonds is 2. The number of carbonyl (C=O) groups excluding carboxylic acids is 1. The molecule has 0 unspecified atom stereocenters. The molecular weight excluding hydrogens is 369 g/mol. The second kappa shape index (κ2) is 5.37. The van der Waals surface area contributed by atoms with Crippen molar-refractivity contribution < 1.29 is 4.79 Å². The van der Waals surface area contributed by atoms with Gasteiger partial charge in [0.15, 0.2) is 0 Å². The van der Waals surface area contributed by atoms with Crippen molar-refractivity contribution in [3.8, 4) is 0 Å². The topological polar surface area (TPSA) is 29.1 Å². The molecule has 1 amide bonds. The zero-order valence-electron chi connectivity index (χ0n) is 8.96. The molecule has 17 heavy (non-hydrogen) atoms. The lowest BCUT2D eigenvalue weighted by molar-refractivity contribution is 0.102. The highest BCUT2D eigenvalue weighted by molar-refractivity contribution is 14.1. The summed E-state index contributed by atoms with van der Waals surface area (Å²) in [4.78, 5) is 11.9. The summed E-state index contributed by atoms with van der Waals surface area (Å²) in [5, 5.41) is 5.36. The number of carbonyl (C=O) groups is 1. The average Bonchev–Trinajstić information content (AvgIpc) is 2.72. The van der Waals surface area contributed by atoms with E-state index in [-0.39, 0.29) is 5.91 Å². The monoisotopic (exact) mass is 377 g/mol. The maximum absolute atomic E-state index is 11.9. The molecule has 0 radical (unpaired) electrons. The van der Waals surface area contributed by atoms with E-state index in [2.05, 4.69) is 27.9 Å². The molecule has 0 bridgehead atoms. The summed E-state index contributed by atoms with van der Waals surface area (Å²) in [6, 6.07) is 7.33. The van der Waals surface area contributed by atoms with E-state index in [0.717, 1.165) is 14.1 Å². The van der Waals surface area contributed by atoms with Crippen LogP contribution < -0.4 is 5.32 Å². The van der Waals surface area contributed by atoms with Gasteiger partial charge in [0.05, 0.1) is 8.45 Å². The third kappa shape index (κ3) is 3.00. The summed E-state index contributed by atoms with van der Waals surface area (Å²) in [5.74, 6) is -0.102. The molecule has 0 atom stereocenters. The summed E-state index contributed by atoms with van der Waals surface area (Å²) >= 11 is 9.74. The molecule has 0 saturated carbocycles. The molecule has 2 aromatic rings. The Morgan fingerprint density at radius 3 is 2.88 bits per heavy atom. The highest BCUT2D eigenvalue weighted by atomic mass is 127. The van der Waals surface area contributed by atoms with Crippen LogP contribution in [0.15, 0.2) is 29.6 Å². The molecule has 0 spiro atoms. The van der Waals surface area contributed by atoms with Crippen molar-refractivity contribution in [3.05, 3.63) is 48.7 Å². The van der Waals surface area contributed by atoms with E-state index < -0.39 is 0 Å². The van der Waals surface area contributed by atoms with Crippen molar-refractivity contribution in [1.82, 2.24) is 0 Å². The smallest absolute Gasteiger partial charge is 0.256 e. The maximum atomic E-state index is 11.9. The molecule has 1 N–H and O–H groups in total. The molecule has 0 saturated heterocycles. The van der Waals surface area contributed by atoms with Gasteiger partial charge in [-0.05, 0) is 53.3 Å². The fourth-order valence-electron chi connectivity index (χ4n) is 1.37. The lowest BCUT2D eigenvalue weighted by atomic mass is 10.2. The summed E-state index contributed by atoms with van der Waals surface area (Å²) in [7, 11) is 0. The van der Waals surface area contributed by atoms with E-state index >= 15 is 0 Å². The fraction of sp³-hybridized carbons (Fsp3) is 0.0833. The molecular formula is C12H9ClINOS. The fourth-order valence-corrected chi connectivity index (χ4v) is 2.87. The Hall–Kier alpha value is -0.590. The number of halogens is 2. The molecule has 2 rings (SSSR count). The Morgan fingerprint density at radius 2 is 2.24 bits per heavy atom. The van der Waals surface area contributed by atoms with Gasteiger partial charge in [-0.1, -0.05) is 17.7 Å². The van der Waals surface area contributed by atoms with Gasteiger partial charge in [-0.2, -0.15) is 0 Å². The van der Waals surface area contributed by atoms with Gasteiger partial charge in [-0.15, -0.1) is 11.3 Å². The number of hydrogen-bond acceptors (Lipinski definition) is 2. The predicted molar refractivity (Wildman–Crippen MR) is 81.2 cm³/mol. The molecule has 1 aromatic heterocycles. The van der Waals surface area contributed by atoms with Crippen LogP contribution in [0.5, 0.6) is 0 Å².